The molecule has 0 saturated heterocycles. The van der Waals surface area contributed by atoms with Gasteiger partial charge in [0.05, 0.1) is 0 Å². The summed E-state index contributed by atoms with van der Waals surface area (Å²) in [5.74, 6) is 0.427. The highest BCUT2D eigenvalue weighted by Gasteiger charge is 2.25. The first-order chi connectivity index (χ1) is 9.25. The van der Waals surface area contributed by atoms with Crippen molar-refractivity contribution in [3.63, 3.8) is 0 Å². The van der Waals surface area contributed by atoms with E-state index in [9.17, 15) is 5.11 Å². The van der Waals surface area contributed by atoms with Gasteiger partial charge in [0.2, 0.25) is 0 Å². The number of rotatable bonds is 3. The van der Waals surface area contributed by atoms with E-state index in [1.807, 2.05) is 18.3 Å². The molecule has 1 aliphatic rings. The highest BCUT2D eigenvalue weighted by Crippen LogP contribution is 2.37. The summed E-state index contributed by atoms with van der Waals surface area (Å²) >= 11 is 0. The number of benzene rings is 1. The van der Waals surface area contributed by atoms with E-state index in [2.05, 4.69) is 29.4 Å². The lowest BCUT2D eigenvalue weighted by molar-refractivity contribution is 0.464. The molecule has 1 aromatic heterocycles. The average molecular weight is 254 g/mol. The van der Waals surface area contributed by atoms with Gasteiger partial charge in [0.25, 0.3) is 0 Å². The normalized spacial score (nSPS) is 19.1. The molecule has 98 valence electrons. The van der Waals surface area contributed by atoms with Crippen LogP contribution >= 0.6 is 0 Å². The largest absolute Gasteiger partial charge is 0.508 e. The number of phenols is 1. The predicted molar refractivity (Wildman–Crippen MR) is 75.0 cm³/mol. The fourth-order valence-corrected chi connectivity index (χ4v) is 2.84. The van der Waals surface area contributed by atoms with Crippen LogP contribution in [0.15, 0.2) is 42.7 Å². The number of hydrogen-bond acceptors (Lipinski definition) is 3. The van der Waals surface area contributed by atoms with E-state index in [0.717, 1.165) is 18.4 Å². The molecule has 0 saturated carbocycles. The molecule has 2 N–H and O–H groups in total. The van der Waals surface area contributed by atoms with Gasteiger partial charge >= 0.3 is 0 Å². The molecule has 2 aromatic rings. The van der Waals surface area contributed by atoms with Gasteiger partial charge in [-0.2, -0.15) is 0 Å². The molecule has 0 aliphatic heterocycles. The van der Waals surface area contributed by atoms with Crippen molar-refractivity contribution in [3.05, 3.63) is 59.4 Å². The van der Waals surface area contributed by atoms with Gasteiger partial charge in [-0.05, 0) is 48.6 Å². The number of nitrogens with zero attached hydrogens (tertiary/aromatic N) is 1. The predicted octanol–water partition coefficient (Wildman–Crippen LogP) is 3.13. The Bertz CT molecular complexity index is 568. The average Bonchev–Trinajstić information content (AvgIpc) is 2.84. The maximum Gasteiger partial charge on any atom is 0.119 e. The molecule has 3 heteroatoms. The van der Waals surface area contributed by atoms with Crippen molar-refractivity contribution in [2.75, 3.05) is 0 Å². The van der Waals surface area contributed by atoms with Crippen molar-refractivity contribution in [2.24, 2.45) is 0 Å². The second-order valence-corrected chi connectivity index (χ2v) is 5.11. The summed E-state index contributed by atoms with van der Waals surface area (Å²) in [7, 11) is 0. The lowest BCUT2D eigenvalue weighted by atomic mass is 10.0. The molecule has 1 aromatic carbocycles. The minimum atomic E-state index is 0.256. The Morgan fingerprint density at radius 1 is 1.32 bits per heavy atom. The third-order valence-electron chi connectivity index (χ3n) is 3.88. The number of aromatic nitrogens is 1. The van der Waals surface area contributed by atoms with Gasteiger partial charge in [-0.15, -0.1) is 0 Å². The number of fused-ring (bicyclic) bond motifs is 1. The van der Waals surface area contributed by atoms with Crippen molar-refractivity contribution < 1.29 is 5.11 Å². The van der Waals surface area contributed by atoms with Gasteiger partial charge in [0.1, 0.15) is 5.75 Å². The van der Waals surface area contributed by atoms with Crippen molar-refractivity contribution in [3.8, 4) is 5.75 Å². The first-order valence-corrected chi connectivity index (χ1v) is 6.72. The molecule has 0 bridgehead atoms. The van der Waals surface area contributed by atoms with Crippen LogP contribution < -0.4 is 5.32 Å². The highest BCUT2D eigenvalue weighted by molar-refractivity contribution is 5.44. The lowest BCUT2D eigenvalue weighted by Crippen LogP contribution is -2.23. The maximum absolute atomic E-state index is 9.86. The van der Waals surface area contributed by atoms with Crippen molar-refractivity contribution in [1.82, 2.24) is 10.3 Å². The summed E-state index contributed by atoms with van der Waals surface area (Å²) in [6, 6.07) is 10.4. The smallest absolute Gasteiger partial charge is 0.119 e. The molecule has 3 rings (SSSR count). The van der Waals surface area contributed by atoms with Crippen LogP contribution in [0.5, 0.6) is 5.75 Å². The van der Waals surface area contributed by atoms with Gasteiger partial charge in [-0.1, -0.05) is 18.2 Å². The maximum atomic E-state index is 9.86. The lowest BCUT2D eigenvalue weighted by Gasteiger charge is -2.20. The summed E-state index contributed by atoms with van der Waals surface area (Å²) < 4.78 is 0. The van der Waals surface area contributed by atoms with Crippen LogP contribution in [0.1, 0.15) is 42.1 Å². The Labute approximate surface area is 113 Å². The number of hydrogen-bond donors (Lipinski definition) is 2. The van der Waals surface area contributed by atoms with E-state index in [1.165, 1.54) is 11.1 Å². The first-order valence-electron chi connectivity index (χ1n) is 6.72. The fraction of sp³-hybridized carbons (Fsp3) is 0.312. The molecule has 0 spiro atoms. The Kier molecular flexibility index (Phi) is 3.22. The molecule has 0 amide bonds. The van der Waals surface area contributed by atoms with Crippen molar-refractivity contribution >= 4 is 0 Å². The van der Waals surface area contributed by atoms with Gasteiger partial charge in [0, 0.05) is 24.5 Å². The standard InChI is InChI=1S/C16H18N2O/c1-11(12-4-3-9-17-10-12)18-15-8-7-14-13(15)5-2-6-16(14)19/h2-6,9-11,15,18-19H,7-8H2,1H3. The van der Waals surface area contributed by atoms with Crippen LogP contribution in [0.2, 0.25) is 0 Å². The van der Waals surface area contributed by atoms with Crippen molar-refractivity contribution in [1.29, 1.82) is 0 Å². The quantitative estimate of drug-likeness (QED) is 0.884. The number of pyridine rings is 1. The Hall–Kier alpha value is -1.87. The molecule has 0 radical (unpaired) electrons. The zero-order chi connectivity index (χ0) is 13.2. The second kappa shape index (κ2) is 5.02. The summed E-state index contributed by atoms with van der Waals surface area (Å²) in [5.41, 5.74) is 3.52. The first kappa shape index (κ1) is 12.2. The summed E-state index contributed by atoms with van der Waals surface area (Å²) in [4.78, 5) is 4.16. The third-order valence-corrected chi connectivity index (χ3v) is 3.88. The van der Waals surface area contributed by atoms with Gasteiger partial charge in [0.15, 0.2) is 0 Å². The summed E-state index contributed by atoms with van der Waals surface area (Å²) in [5, 5.41) is 13.5. The van der Waals surface area contributed by atoms with Crippen LogP contribution in [0.3, 0.4) is 0 Å². The Morgan fingerprint density at radius 2 is 2.21 bits per heavy atom. The molecule has 0 fully saturated rings. The number of nitrogens with one attached hydrogen (secondary N) is 1. The Morgan fingerprint density at radius 3 is 3.00 bits per heavy atom. The zero-order valence-corrected chi connectivity index (χ0v) is 11.0. The van der Waals surface area contributed by atoms with Crippen LogP contribution in [-0.4, -0.2) is 10.1 Å². The monoisotopic (exact) mass is 254 g/mol. The van der Waals surface area contributed by atoms with Gasteiger partial charge in [-0.3, -0.25) is 4.98 Å². The summed E-state index contributed by atoms with van der Waals surface area (Å²) in [6.07, 6.45) is 5.67. The second-order valence-electron chi connectivity index (χ2n) is 5.11. The Balaban J connectivity index is 1.78. The minimum absolute atomic E-state index is 0.256. The highest BCUT2D eigenvalue weighted by atomic mass is 16.3. The SMILES string of the molecule is CC(NC1CCc2c(O)cccc21)c1cccnc1. The molecular formula is C16H18N2O. The van der Waals surface area contributed by atoms with Crippen LogP contribution in [-0.2, 0) is 6.42 Å². The topological polar surface area (TPSA) is 45.1 Å². The molecule has 3 nitrogen and oxygen atoms in total. The van der Waals surface area contributed by atoms with Gasteiger partial charge < -0.3 is 10.4 Å². The molecular weight excluding hydrogens is 236 g/mol. The van der Waals surface area contributed by atoms with E-state index < -0.39 is 0 Å². The summed E-state index contributed by atoms with van der Waals surface area (Å²) in [6.45, 7) is 2.15. The fourth-order valence-electron chi connectivity index (χ4n) is 2.84. The van der Waals surface area contributed by atoms with E-state index >= 15 is 0 Å². The third kappa shape index (κ3) is 2.34. The molecule has 2 unspecified atom stereocenters. The van der Waals surface area contributed by atoms with Crippen molar-refractivity contribution in [2.45, 2.75) is 31.8 Å². The molecule has 19 heavy (non-hydrogen) atoms. The zero-order valence-electron chi connectivity index (χ0n) is 11.0. The van der Waals surface area contributed by atoms with E-state index in [0.29, 0.717) is 11.8 Å². The van der Waals surface area contributed by atoms with E-state index in [4.69, 9.17) is 0 Å². The molecule has 2 atom stereocenters. The van der Waals surface area contributed by atoms with Gasteiger partial charge in [-0.25, -0.2) is 0 Å². The molecule has 1 aliphatic carbocycles. The number of phenolic OH excluding ortho intramolecular Hbond substituents is 1. The van der Waals surface area contributed by atoms with Crippen LogP contribution in [0.25, 0.3) is 0 Å². The van der Waals surface area contributed by atoms with Crippen LogP contribution in [0, 0.1) is 0 Å². The minimum Gasteiger partial charge on any atom is -0.508 e. The van der Waals surface area contributed by atoms with E-state index in [1.54, 1.807) is 12.3 Å². The molecule has 1 heterocycles. The van der Waals surface area contributed by atoms with E-state index in [-0.39, 0.29) is 6.04 Å². The number of aromatic hydroxyl groups is 1. The van der Waals surface area contributed by atoms with Crippen LogP contribution in [0.4, 0.5) is 0 Å².